The van der Waals surface area contributed by atoms with Crippen molar-refractivity contribution in [2.45, 2.75) is 45.3 Å². The maximum atomic E-state index is 11.0. The van der Waals surface area contributed by atoms with E-state index in [4.69, 9.17) is 9.47 Å². The van der Waals surface area contributed by atoms with E-state index in [9.17, 15) is 4.79 Å². The highest BCUT2D eigenvalue weighted by atomic mass is 16.6. The molecule has 0 spiro atoms. The number of rotatable bonds is 4. The van der Waals surface area contributed by atoms with Gasteiger partial charge in [0.1, 0.15) is 12.4 Å². The Labute approximate surface area is 108 Å². The van der Waals surface area contributed by atoms with Gasteiger partial charge in [0.25, 0.3) is 0 Å². The largest absolute Gasteiger partial charge is 0.490 e. The molecule has 2 rings (SSSR count). The van der Waals surface area contributed by atoms with Crippen LogP contribution in [0.4, 0.5) is 0 Å². The van der Waals surface area contributed by atoms with Crippen molar-refractivity contribution in [2.75, 3.05) is 6.61 Å². The number of hydrogen-bond acceptors (Lipinski definition) is 3. The Bertz CT molecular complexity index is 437. The lowest BCUT2D eigenvalue weighted by atomic mass is 10.1. The first-order valence-corrected chi connectivity index (χ1v) is 6.37. The van der Waals surface area contributed by atoms with Crippen molar-refractivity contribution >= 4 is 6.29 Å². The lowest BCUT2D eigenvalue weighted by molar-refractivity contribution is -0.0327. The van der Waals surface area contributed by atoms with E-state index in [-0.39, 0.29) is 11.7 Å². The van der Waals surface area contributed by atoms with Crippen LogP contribution in [-0.2, 0) is 4.74 Å². The molecule has 18 heavy (non-hydrogen) atoms. The van der Waals surface area contributed by atoms with E-state index in [0.717, 1.165) is 24.7 Å². The van der Waals surface area contributed by atoms with Gasteiger partial charge in [0.05, 0.1) is 17.3 Å². The van der Waals surface area contributed by atoms with Gasteiger partial charge < -0.3 is 9.47 Å². The summed E-state index contributed by atoms with van der Waals surface area (Å²) in [5.41, 5.74) is 1.62. The summed E-state index contributed by atoms with van der Waals surface area (Å²) in [6.07, 6.45) is 3.02. The van der Waals surface area contributed by atoms with Crippen LogP contribution in [0.25, 0.3) is 0 Å². The third-order valence-corrected chi connectivity index (χ3v) is 3.27. The number of carbonyl (C=O) groups excluding carboxylic acids is 1. The molecule has 3 nitrogen and oxygen atoms in total. The minimum atomic E-state index is -0.0468. The van der Waals surface area contributed by atoms with Gasteiger partial charge in [0, 0.05) is 0 Å². The molecule has 1 aliphatic rings. The minimum absolute atomic E-state index is 0.0468. The smallest absolute Gasteiger partial charge is 0.153 e. The van der Waals surface area contributed by atoms with Crippen molar-refractivity contribution in [3.8, 4) is 5.75 Å². The summed E-state index contributed by atoms with van der Waals surface area (Å²) in [4.78, 5) is 11.0. The first-order valence-electron chi connectivity index (χ1n) is 6.37. The summed E-state index contributed by atoms with van der Waals surface area (Å²) < 4.78 is 11.6. The topological polar surface area (TPSA) is 35.5 Å². The summed E-state index contributed by atoms with van der Waals surface area (Å²) in [5, 5.41) is 0. The second kappa shape index (κ2) is 5.11. The average Bonchev–Trinajstić information content (AvgIpc) is 2.67. The monoisotopic (exact) mass is 248 g/mol. The van der Waals surface area contributed by atoms with Crippen LogP contribution in [0.3, 0.4) is 0 Å². The van der Waals surface area contributed by atoms with Crippen LogP contribution in [-0.4, -0.2) is 24.6 Å². The third-order valence-electron chi connectivity index (χ3n) is 3.27. The van der Waals surface area contributed by atoms with E-state index < -0.39 is 0 Å². The van der Waals surface area contributed by atoms with E-state index in [1.165, 1.54) is 0 Å². The maximum Gasteiger partial charge on any atom is 0.153 e. The van der Waals surface area contributed by atoms with Crippen LogP contribution < -0.4 is 4.74 Å². The highest BCUT2D eigenvalue weighted by molar-refractivity contribution is 5.79. The van der Waals surface area contributed by atoms with E-state index in [2.05, 4.69) is 13.8 Å². The zero-order chi connectivity index (χ0) is 13.2. The van der Waals surface area contributed by atoms with E-state index in [1.54, 1.807) is 0 Å². The maximum absolute atomic E-state index is 11.0. The molecule has 0 aromatic heterocycles. The van der Waals surface area contributed by atoms with Gasteiger partial charge in [-0.3, -0.25) is 4.79 Å². The predicted molar refractivity (Wildman–Crippen MR) is 70.2 cm³/mol. The number of hydrogen-bond donors (Lipinski definition) is 0. The molecule has 0 saturated carbocycles. The standard InChI is InChI=1S/C15H20O3/c1-11-4-5-14(12(8-11)9-16)17-10-13-6-7-15(2,3)18-13/h4-5,8-9,13H,6-7,10H2,1-3H3. The lowest BCUT2D eigenvalue weighted by Crippen LogP contribution is -2.24. The van der Waals surface area contributed by atoms with Gasteiger partial charge in [0.15, 0.2) is 6.29 Å². The van der Waals surface area contributed by atoms with Gasteiger partial charge in [0.2, 0.25) is 0 Å². The number of carbonyl (C=O) groups is 1. The normalized spacial score (nSPS) is 21.8. The van der Waals surface area contributed by atoms with E-state index in [1.807, 2.05) is 25.1 Å². The van der Waals surface area contributed by atoms with Crippen molar-refractivity contribution in [3.05, 3.63) is 29.3 Å². The van der Waals surface area contributed by atoms with Gasteiger partial charge in [-0.15, -0.1) is 0 Å². The lowest BCUT2D eigenvalue weighted by Gasteiger charge is -2.19. The second-order valence-electron chi connectivity index (χ2n) is 5.51. The summed E-state index contributed by atoms with van der Waals surface area (Å²) in [5.74, 6) is 0.643. The molecule has 1 heterocycles. The molecule has 0 N–H and O–H groups in total. The van der Waals surface area contributed by atoms with Crippen LogP contribution in [0.15, 0.2) is 18.2 Å². The van der Waals surface area contributed by atoms with Crippen molar-refractivity contribution in [2.24, 2.45) is 0 Å². The Morgan fingerprint density at radius 3 is 2.89 bits per heavy atom. The molecule has 0 bridgehead atoms. The van der Waals surface area contributed by atoms with Gasteiger partial charge in [-0.05, 0) is 45.7 Å². The second-order valence-corrected chi connectivity index (χ2v) is 5.51. The zero-order valence-corrected chi connectivity index (χ0v) is 11.2. The van der Waals surface area contributed by atoms with E-state index in [0.29, 0.717) is 17.9 Å². The summed E-state index contributed by atoms with van der Waals surface area (Å²) in [6.45, 7) is 6.65. The third kappa shape index (κ3) is 3.10. The Kier molecular flexibility index (Phi) is 3.71. The Hall–Kier alpha value is -1.35. The predicted octanol–water partition coefficient (Wildman–Crippen LogP) is 3.14. The molecular formula is C15H20O3. The molecule has 1 fully saturated rings. The molecule has 1 saturated heterocycles. The molecule has 1 aliphatic heterocycles. The molecule has 1 unspecified atom stereocenters. The van der Waals surface area contributed by atoms with Crippen molar-refractivity contribution in [1.29, 1.82) is 0 Å². The highest BCUT2D eigenvalue weighted by Crippen LogP contribution is 2.30. The molecule has 0 aliphatic carbocycles. The molecule has 98 valence electrons. The number of aldehydes is 1. The quantitative estimate of drug-likeness (QED) is 0.768. The fraction of sp³-hybridized carbons (Fsp3) is 0.533. The molecule has 1 atom stereocenters. The average molecular weight is 248 g/mol. The van der Waals surface area contributed by atoms with Crippen LogP contribution >= 0.6 is 0 Å². The first-order chi connectivity index (χ1) is 8.50. The molecule has 1 aromatic carbocycles. The number of aryl methyl sites for hydroxylation is 1. The first kappa shape index (κ1) is 13.1. The highest BCUT2D eigenvalue weighted by Gasteiger charge is 2.31. The molecule has 0 radical (unpaired) electrons. The molecule has 3 heteroatoms. The Morgan fingerprint density at radius 2 is 2.28 bits per heavy atom. The van der Waals surface area contributed by atoms with Crippen LogP contribution in [0.5, 0.6) is 5.75 Å². The minimum Gasteiger partial charge on any atom is -0.490 e. The van der Waals surface area contributed by atoms with Gasteiger partial charge in [-0.2, -0.15) is 0 Å². The Balaban J connectivity index is 1.96. The molecule has 1 aromatic rings. The zero-order valence-electron chi connectivity index (χ0n) is 11.2. The fourth-order valence-electron chi connectivity index (χ4n) is 2.27. The Morgan fingerprint density at radius 1 is 1.50 bits per heavy atom. The van der Waals surface area contributed by atoms with Crippen LogP contribution in [0.2, 0.25) is 0 Å². The van der Waals surface area contributed by atoms with Crippen molar-refractivity contribution < 1.29 is 14.3 Å². The molecular weight excluding hydrogens is 228 g/mol. The van der Waals surface area contributed by atoms with Gasteiger partial charge >= 0.3 is 0 Å². The van der Waals surface area contributed by atoms with E-state index >= 15 is 0 Å². The van der Waals surface area contributed by atoms with Gasteiger partial charge in [-0.25, -0.2) is 0 Å². The van der Waals surface area contributed by atoms with Crippen molar-refractivity contribution in [3.63, 3.8) is 0 Å². The SMILES string of the molecule is Cc1ccc(OCC2CCC(C)(C)O2)c(C=O)c1. The van der Waals surface area contributed by atoms with Crippen LogP contribution in [0.1, 0.15) is 42.6 Å². The summed E-state index contributed by atoms with van der Waals surface area (Å²) >= 11 is 0. The summed E-state index contributed by atoms with van der Waals surface area (Å²) in [7, 11) is 0. The van der Waals surface area contributed by atoms with Gasteiger partial charge in [-0.1, -0.05) is 11.6 Å². The summed E-state index contributed by atoms with van der Waals surface area (Å²) in [6, 6.07) is 5.63. The van der Waals surface area contributed by atoms with Crippen molar-refractivity contribution in [1.82, 2.24) is 0 Å². The number of benzene rings is 1. The van der Waals surface area contributed by atoms with Crippen LogP contribution in [0, 0.1) is 6.92 Å². The fourth-order valence-corrected chi connectivity index (χ4v) is 2.27. The molecule has 0 amide bonds. The number of ether oxygens (including phenoxy) is 2.